The van der Waals surface area contributed by atoms with E-state index in [0.29, 0.717) is 11.3 Å². The summed E-state index contributed by atoms with van der Waals surface area (Å²) in [4.78, 5) is 11.2. The van der Waals surface area contributed by atoms with E-state index in [-0.39, 0.29) is 5.54 Å². The minimum Gasteiger partial charge on any atom is -0.353 e. The average Bonchev–Trinajstić information content (AvgIpc) is 2.45. The molecule has 1 N–H and O–H groups in total. The van der Waals surface area contributed by atoms with Crippen molar-refractivity contribution in [3.63, 3.8) is 0 Å². The molecule has 0 bridgehead atoms. The summed E-state index contributed by atoms with van der Waals surface area (Å²) in [5.74, 6) is 3.97. The highest BCUT2D eigenvalue weighted by atomic mass is 16.1. The summed E-state index contributed by atoms with van der Waals surface area (Å²) in [7, 11) is 0. The highest BCUT2D eigenvalue weighted by molar-refractivity contribution is 5.48. The smallest absolute Gasteiger partial charge is 0.207 e. The van der Waals surface area contributed by atoms with Crippen molar-refractivity contribution in [1.82, 2.24) is 5.32 Å². The Morgan fingerprint density at radius 1 is 1.22 bits per heavy atom. The van der Waals surface area contributed by atoms with Gasteiger partial charge in [0.2, 0.25) is 6.41 Å². The van der Waals surface area contributed by atoms with E-state index in [0.717, 1.165) is 30.1 Å². The molecule has 0 aromatic carbocycles. The summed E-state index contributed by atoms with van der Waals surface area (Å²) in [6.07, 6.45) is 10.1. The molecule has 1 amide bonds. The van der Waals surface area contributed by atoms with Crippen LogP contribution in [0, 0.1) is 35.0 Å². The van der Waals surface area contributed by atoms with E-state index in [9.17, 15) is 4.79 Å². The molecular formula is C21H33NO. The van der Waals surface area contributed by atoms with Crippen LogP contribution in [0.1, 0.15) is 72.6 Å². The zero-order chi connectivity index (χ0) is 16.4. The lowest BCUT2D eigenvalue weighted by Gasteiger charge is -2.60. The van der Waals surface area contributed by atoms with Gasteiger partial charge in [-0.15, -0.1) is 0 Å². The Hall–Kier alpha value is -0.790. The lowest BCUT2D eigenvalue weighted by Crippen LogP contribution is -2.59. The Morgan fingerprint density at radius 3 is 2.74 bits per heavy atom. The van der Waals surface area contributed by atoms with Crippen LogP contribution >= 0.6 is 0 Å². The molecule has 4 aliphatic rings. The van der Waals surface area contributed by atoms with Gasteiger partial charge in [0.05, 0.1) is 0 Å². The fraction of sp³-hybridized carbons (Fsp3) is 0.857. The Labute approximate surface area is 141 Å². The highest BCUT2D eigenvalue weighted by Crippen LogP contribution is 2.62. The van der Waals surface area contributed by atoms with Crippen LogP contribution in [0.5, 0.6) is 0 Å². The van der Waals surface area contributed by atoms with Crippen molar-refractivity contribution < 1.29 is 4.79 Å². The minimum atomic E-state index is 0.0238. The number of hydrogen-bond acceptors (Lipinski definition) is 1. The number of hydrogen-bond donors (Lipinski definition) is 1. The van der Waals surface area contributed by atoms with E-state index >= 15 is 0 Å². The molecule has 4 aliphatic carbocycles. The van der Waals surface area contributed by atoms with Crippen molar-refractivity contribution in [1.29, 1.82) is 0 Å². The van der Waals surface area contributed by atoms with Gasteiger partial charge in [-0.05, 0) is 86.9 Å². The third kappa shape index (κ3) is 2.31. The van der Waals surface area contributed by atoms with E-state index in [1.165, 1.54) is 44.9 Å². The first kappa shape index (κ1) is 15.7. The molecule has 2 saturated carbocycles. The van der Waals surface area contributed by atoms with Gasteiger partial charge in [0, 0.05) is 5.54 Å². The van der Waals surface area contributed by atoms with Crippen LogP contribution < -0.4 is 5.32 Å². The van der Waals surface area contributed by atoms with Gasteiger partial charge < -0.3 is 5.32 Å². The largest absolute Gasteiger partial charge is 0.353 e. The summed E-state index contributed by atoms with van der Waals surface area (Å²) in [6, 6.07) is 0. The van der Waals surface area contributed by atoms with Crippen LogP contribution in [0.25, 0.3) is 0 Å². The normalized spacial score (nSPS) is 47.7. The summed E-state index contributed by atoms with van der Waals surface area (Å²) in [6.45, 7) is 9.76. The Kier molecular flexibility index (Phi) is 3.49. The molecule has 6 atom stereocenters. The molecule has 4 rings (SSSR count). The van der Waals surface area contributed by atoms with Gasteiger partial charge in [-0.2, -0.15) is 0 Å². The predicted molar refractivity (Wildman–Crippen MR) is 93.9 cm³/mol. The van der Waals surface area contributed by atoms with Crippen molar-refractivity contribution in [3.8, 4) is 0 Å². The van der Waals surface area contributed by atoms with Crippen molar-refractivity contribution in [2.75, 3.05) is 0 Å². The molecule has 0 saturated heterocycles. The molecular weight excluding hydrogens is 282 g/mol. The Morgan fingerprint density at radius 2 is 2.00 bits per heavy atom. The van der Waals surface area contributed by atoms with Gasteiger partial charge in [0.1, 0.15) is 0 Å². The number of rotatable bonds is 2. The van der Waals surface area contributed by atoms with Crippen molar-refractivity contribution in [2.24, 2.45) is 35.0 Å². The maximum absolute atomic E-state index is 11.2. The molecule has 0 aromatic rings. The van der Waals surface area contributed by atoms with E-state index in [4.69, 9.17) is 0 Å². The molecule has 2 heteroatoms. The second-order valence-corrected chi connectivity index (χ2v) is 10.1. The van der Waals surface area contributed by atoms with Crippen LogP contribution in [-0.4, -0.2) is 11.9 Å². The van der Waals surface area contributed by atoms with E-state index < -0.39 is 0 Å². The standard InChI is InChI=1S/C21H33NO/c1-13-9-15-11-20(2,3)10-14-5-6-17-19(18(14)15)16(13)7-8-21(17,4)22-12-23/h12-13,15-17,19H,5-11H2,1-4H3,(H,22,23)/t13?,15-,16?,17+,19+,21-/m0/s1. The SMILES string of the molecule is CC1C[C@H]2CC(C)(C)CC3=C2[C@@H]2C1CC[C@](C)(NC=O)[C@@H]2CC3. The van der Waals surface area contributed by atoms with Crippen LogP contribution in [0.15, 0.2) is 11.1 Å². The molecule has 23 heavy (non-hydrogen) atoms. The quantitative estimate of drug-likeness (QED) is 0.581. The second kappa shape index (κ2) is 5.10. The first-order chi connectivity index (χ1) is 10.8. The number of carbonyl (C=O) groups excluding carboxylic acids is 1. The fourth-order valence-corrected chi connectivity index (χ4v) is 7.15. The van der Waals surface area contributed by atoms with Crippen molar-refractivity contribution in [3.05, 3.63) is 11.1 Å². The Balaban J connectivity index is 1.77. The van der Waals surface area contributed by atoms with E-state index in [1.54, 1.807) is 0 Å². The molecule has 0 heterocycles. The third-order valence-corrected chi connectivity index (χ3v) is 7.94. The second-order valence-electron chi connectivity index (χ2n) is 10.1. The molecule has 0 aromatic heterocycles. The fourth-order valence-electron chi connectivity index (χ4n) is 7.15. The number of amides is 1. The lowest BCUT2D eigenvalue weighted by molar-refractivity contribution is -0.113. The van der Waals surface area contributed by atoms with E-state index in [1.807, 2.05) is 11.1 Å². The summed E-state index contributed by atoms with van der Waals surface area (Å²) in [5.41, 5.74) is 4.21. The van der Waals surface area contributed by atoms with Gasteiger partial charge in [-0.3, -0.25) is 4.79 Å². The summed E-state index contributed by atoms with van der Waals surface area (Å²) >= 11 is 0. The predicted octanol–water partition coefficient (Wildman–Crippen LogP) is 4.70. The molecule has 2 unspecified atom stereocenters. The van der Waals surface area contributed by atoms with Crippen LogP contribution in [0.4, 0.5) is 0 Å². The maximum atomic E-state index is 11.2. The Bertz CT molecular complexity index is 548. The van der Waals surface area contributed by atoms with Gasteiger partial charge in [-0.25, -0.2) is 0 Å². The summed E-state index contributed by atoms with van der Waals surface area (Å²) in [5, 5.41) is 3.24. The maximum Gasteiger partial charge on any atom is 0.207 e. The highest BCUT2D eigenvalue weighted by Gasteiger charge is 2.55. The monoisotopic (exact) mass is 315 g/mol. The summed E-state index contributed by atoms with van der Waals surface area (Å²) < 4.78 is 0. The molecule has 0 radical (unpaired) electrons. The number of carbonyl (C=O) groups is 1. The van der Waals surface area contributed by atoms with E-state index in [2.05, 4.69) is 33.0 Å². The zero-order valence-corrected chi connectivity index (χ0v) is 15.3. The van der Waals surface area contributed by atoms with Crippen LogP contribution in [-0.2, 0) is 4.79 Å². The molecule has 128 valence electrons. The number of allylic oxidation sites excluding steroid dienone is 2. The molecule has 2 nitrogen and oxygen atoms in total. The lowest BCUT2D eigenvalue weighted by atomic mass is 9.46. The van der Waals surface area contributed by atoms with Gasteiger partial charge in [0.15, 0.2) is 0 Å². The molecule has 2 fully saturated rings. The van der Waals surface area contributed by atoms with Crippen LogP contribution in [0.2, 0.25) is 0 Å². The number of nitrogens with one attached hydrogen (secondary N) is 1. The molecule has 0 spiro atoms. The molecule has 0 aliphatic heterocycles. The first-order valence-corrected chi connectivity index (χ1v) is 9.78. The van der Waals surface area contributed by atoms with Gasteiger partial charge in [-0.1, -0.05) is 31.9 Å². The van der Waals surface area contributed by atoms with Gasteiger partial charge >= 0.3 is 0 Å². The first-order valence-electron chi connectivity index (χ1n) is 9.78. The zero-order valence-electron chi connectivity index (χ0n) is 15.3. The topological polar surface area (TPSA) is 29.1 Å². The average molecular weight is 316 g/mol. The van der Waals surface area contributed by atoms with Crippen molar-refractivity contribution in [2.45, 2.75) is 78.2 Å². The third-order valence-electron chi connectivity index (χ3n) is 7.94. The van der Waals surface area contributed by atoms with Gasteiger partial charge in [0.25, 0.3) is 0 Å². The van der Waals surface area contributed by atoms with Crippen molar-refractivity contribution >= 4 is 6.41 Å². The minimum absolute atomic E-state index is 0.0238. The van der Waals surface area contributed by atoms with Crippen LogP contribution in [0.3, 0.4) is 0 Å².